The molecule has 0 aliphatic heterocycles. The summed E-state index contributed by atoms with van der Waals surface area (Å²) < 4.78 is 0. The van der Waals surface area contributed by atoms with Gasteiger partial charge in [-0.05, 0) is 52.7 Å². The molecule has 2 aliphatic carbocycles. The third-order valence-corrected chi connectivity index (χ3v) is 5.88. The number of hydrogen-bond acceptors (Lipinski definition) is 2. The third-order valence-electron chi connectivity index (χ3n) is 5.38. The van der Waals surface area contributed by atoms with Gasteiger partial charge in [0.05, 0.1) is 6.54 Å². The summed E-state index contributed by atoms with van der Waals surface area (Å²) in [6, 6.07) is 0. The van der Waals surface area contributed by atoms with E-state index in [1.807, 2.05) is 6.08 Å². The topological polar surface area (TPSA) is 24.4 Å². The maximum Gasteiger partial charge on any atom is 0.0514 e. The van der Waals surface area contributed by atoms with E-state index in [4.69, 9.17) is 23.2 Å². The summed E-state index contributed by atoms with van der Waals surface area (Å²) in [4.78, 5) is 4.68. The highest BCUT2D eigenvalue weighted by Crippen LogP contribution is 2.40. The van der Waals surface area contributed by atoms with Gasteiger partial charge in [-0.25, -0.2) is 0 Å². The average molecular weight is 423 g/mol. The molecular weight excluding hydrogens is 387 g/mol. The number of hydrogen-bond donors (Lipinski definition) is 1. The molecule has 0 fully saturated rings. The first kappa shape index (κ1) is 23.4. The van der Waals surface area contributed by atoms with Crippen LogP contribution in [0.4, 0.5) is 0 Å². The molecular formula is C24H36Cl2N2. The van der Waals surface area contributed by atoms with Gasteiger partial charge >= 0.3 is 0 Å². The van der Waals surface area contributed by atoms with Gasteiger partial charge in [-0.3, -0.25) is 4.99 Å². The van der Waals surface area contributed by atoms with Gasteiger partial charge in [0.2, 0.25) is 0 Å². The van der Waals surface area contributed by atoms with Gasteiger partial charge in [-0.15, -0.1) is 0 Å². The summed E-state index contributed by atoms with van der Waals surface area (Å²) in [6.45, 7) is 16.3. The average Bonchev–Trinajstić information content (AvgIpc) is 2.55. The Labute approximate surface area is 181 Å². The lowest BCUT2D eigenvalue weighted by Gasteiger charge is -2.34. The van der Waals surface area contributed by atoms with Crippen LogP contribution in [0.15, 0.2) is 50.5 Å². The van der Waals surface area contributed by atoms with Crippen LogP contribution >= 0.6 is 23.2 Å². The quantitative estimate of drug-likeness (QED) is 0.366. The van der Waals surface area contributed by atoms with Crippen LogP contribution in [0.25, 0.3) is 0 Å². The van der Waals surface area contributed by atoms with Crippen molar-refractivity contribution in [3.63, 3.8) is 0 Å². The number of aliphatic imine (C=N–C) groups is 1. The molecule has 2 rings (SSSR count). The first-order chi connectivity index (χ1) is 12.9. The van der Waals surface area contributed by atoms with Crippen molar-refractivity contribution in [2.75, 3.05) is 19.6 Å². The highest BCUT2D eigenvalue weighted by Gasteiger charge is 2.29. The van der Waals surface area contributed by atoms with Gasteiger partial charge in [-0.1, -0.05) is 83.0 Å². The second kappa shape index (κ2) is 9.78. The second-order valence-corrected chi connectivity index (χ2v) is 11.0. The number of allylic oxidation sites excluding steroid dienone is 7. The molecule has 2 aliphatic rings. The van der Waals surface area contributed by atoms with Crippen LogP contribution < -0.4 is 5.32 Å². The molecule has 0 radical (unpaired) electrons. The summed E-state index contributed by atoms with van der Waals surface area (Å²) >= 11 is 12.2. The minimum Gasteiger partial charge on any atom is -0.314 e. The SMILES string of the molecule is CC(C)(C)C1=CC(C(C)(C)C)CC(C=NCCNCC2C=C(Cl)C=C(Cl)C2)=C1. The molecule has 0 saturated heterocycles. The molecule has 156 valence electrons. The van der Waals surface area contributed by atoms with E-state index in [0.717, 1.165) is 42.5 Å². The standard InChI is InChI=1S/C24H36Cl2N2/c1-23(2,3)19-9-17(10-20(13-19)24(4,5)6)15-27-7-8-28-16-18-11-21(25)14-22(26)12-18/h9,11,13-15,18,20,28H,7-8,10,12,16H2,1-6H3. The molecule has 1 N–H and O–H groups in total. The molecule has 0 aromatic rings. The van der Waals surface area contributed by atoms with E-state index in [0.29, 0.717) is 11.8 Å². The number of rotatable bonds is 6. The van der Waals surface area contributed by atoms with E-state index in [2.05, 4.69) is 76.3 Å². The fraction of sp³-hybridized carbons (Fsp3) is 0.625. The van der Waals surface area contributed by atoms with Gasteiger partial charge in [0.15, 0.2) is 0 Å². The monoisotopic (exact) mass is 422 g/mol. The molecule has 2 nitrogen and oxygen atoms in total. The lowest BCUT2D eigenvalue weighted by molar-refractivity contribution is 0.286. The van der Waals surface area contributed by atoms with Gasteiger partial charge in [0.1, 0.15) is 0 Å². The van der Waals surface area contributed by atoms with Crippen molar-refractivity contribution in [2.45, 2.75) is 54.4 Å². The van der Waals surface area contributed by atoms with E-state index in [1.165, 1.54) is 11.1 Å². The molecule has 0 aromatic heterocycles. The highest BCUT2D eigenvalue weighted by molar-refractivity contribution is 6.34. The van der Waals surface area contributed by atoms with Crippen molar-refractivity contribution in [2.24, 2.45) is 27.7 Å². The molecule has 0 saturated carbocycles. The molecule has 2 atom stereocenters. The Hall–Kier alpha value is -0.830. The van der Waals surface area contributed by atoms with Crippen LogP contribution in [-0.2, 0) is 0 Å². The second-order valence-electron chi connectivity index (χ2n) is 10.1. The minimum atomic E-state index is 0.162. The fourth-order valence-corrected chi connectivity index (χ4v) is 4.17. The normalized spacial score (nSPS) is 24.0. The smallest absolute Gasteiger partial charge is 0.0514 e. The number of halogens is 2. The molecule has 0 heterocycles. The lowest BCUT2D eigenvalue weighted by Crippen LogP contribution is -2.25. The van der Waals surface area contributed by atoms with Crippen LogP contribution in [-0.4, -0.2) is 25.8 Å². The van der Waals surface area contributed by atoms with Crippen LogP contribution in [0, 0.1) is 22.7 Å². The zero-order chi connectivity index (χ0) is 20.9. The summed E-state index contributed by atoms with van der Waals surface area (Å²) in [6.07, 6.45) is 12.7. The Morgan fingerprint density at radius 2 is 1.79 bits per heavy atom. The zero-order valence-corrected chi connectivity index (χ0v) is 19.8. The molecule has 4 heteroatoms. The minimum absolute atomic E-state index is 0.162. The maximum atomic E-state index is 6.12. The lowest BCUT2D eigenvalue weighted by atomic mass is 9.70. The predicted molar refractivity (Wildman–Crippen MR) is 125 cm³/mol. The van der Waals surface area contributed by atoms with Crippen molar-refractivity contribution >= 4 is 29.4 Å². The van der Waals surface area contributed by atoms with E-state index in [9.17, 15) is 0 Å². The van der Waals surface area contributed by atoms with Crippen molar-refractivity contribution in [1.82, 2.24) is 5.32 Å². The van der Waals surface area contributed by atoms with Crippen LogP contribution in [0.3, 0.4) is 0 Å². The fourth-order valence-electron chi connectivity index (χ4n) is 3.48. The van der Waals surface area contributed by atoms with E-state index in [1.54, 1.807) is 0 Å². The van der Waals surface area contributed by atoms with Gasteiger partial charge in [0, 0.05) is 29.4 Å². The summed E-state index contributed by atoms with van der Waals surface area (Å²) in [7, 11) is 0. The third kappa shape index (κ3) is 7.54. The van der Waals surface area contributed by atoms with Crippen molar-refractivity contribution < 1.29 is 0 Å². The van der Waals surface area contributed by atoms with Crippen molar-refractivity contribution in [3.05, 3.63) is 45.5 Å². The van der Waals surface area contributed by atoms with E-state index >= 15 is 0 Å². The molecule has 2 unspecified atom stereocenters. The van der Waals surface area contributed by atoms with Gasteiger partial charge < -0.3 is 5.32 Å². The van der Waals surface area contributed by atoms with E-state index in [-0.39, 0.29) is 10.8 Å². The largest absolute Gasteiger partial charge is 0.314 e. The molecule has 0 amide bonds. The predicted octanol–water partition coefficient (Wildman–Crippen LogP) is 6.88. The van der Waals surface area contributed by atoms with Gasteiger partial charge in [0.25, 0.3) is 0 Å². The van der Waals surface area contributed by atoms with E-state index < -0.39 is 0 Å². The molecule has 28 heavy (non-hydrogen) atoms. The molecule has 0 spiro atoms. The Morgan fingerprint density at radius 3 is 2.39 bits per heavy atom. The summed E-state index contributed by atoms with van der Waals surface area (Å²) in [5.41, 5.74) is 3.18. The Kier molecular flexibility index (Phi) is 8.19. The van der Waals surface area contributed by atoms with Crippen molar-refractivity contribution in [3.8, 4) is 0 Å². The first-order valence-electron chi connectivity index (χ1n) is 10.3. The maximum absolute atomic E-state index is 6.12. The van der Waals surface area contributed by atoms with Crippen LogP contribution in [0.1, 0.15) is 54.4 Å². The summed E-state index contributed by atoms with van der Waals surface area (Å²) in [5.74, 6) is 0.911. The first-order valence-corrected chi connectivity index (χ1v) is 11.1. The van der Waals surface area contributed by atoms with Gasteiger partial charge in [-0.2, -0.15) is 0 Å². The number of nitrogens with zero attached hydrogens (tertiary/aromatic N) is 1. The summed E-state index contributed by atoms with van der Waals surface area (Å²) in [5, 5.41) is 5.03. The Balaban J connectivity index is 1.85. The zero-order valence-electron chi connectivity index (χ0n) is 18.3. The Bertz CT molecular complexity index is 697. The Morgan fingerprint density at radius 1 is 1.07 bits per heavy atom. The number of nitrogens with one attached hydrogen (secondary N) is 1. The van der Waals surface area contributed by atoms with Crippen molar-refractivity contribution in [1.29, 1.82) is 0 Å². The molecule has 0 aromatic carbocycles. The van der Waals surface area contributed by atoms with Crippen LogP contribution in [0.2, 0.25) is 0 Å². The van der Waals surface area contributed by atoms with Crippen LogP contribution in [0.5, 0.6) is 0 Å². The highest BCUT2D eigenvalue weighted by atomic mass is 35.5. The molecule has 0 bridgehead atoms.